The Morgan fingerprint density at radius 3 is 2.09 bits per heavy atom. The first kappa shape index (κ1) is 28.5. The van der Waals surface area contributed by atoms with Crippen molar-refractivity contribution in [1.82, 2.24) is 0 Å². The van der Waals surface area contributed by atoms with E-state index in [9.17, 15) is 19.6 Å². The highest BCUT2D eigenvalue weighted by molar-refractivity contribution is 7.92. The molecule has 0 heterocycles. The van der Waals surface area contributed by atoms with Crippen LogP contribution in [-0.2, 0) is 16.0 Å². The van der Waals surface area contributed by atoms with Crippen LogP contribution < -0.4 is 0 Å². The summed E-state index contributed by atoms with van der Waals surface area (Å²) in [5.41, 5.74) is 1.02. The Kier molecular flexibility index (Phi) is 16.0. The summed E-state index contributed by atoms with van der Waals surface area (Å²) in [5.74, 6) is -1.21. The minimum atomic E-state index is -1.77. The Balaban J connectivity index is 2.17. The van der Waals surface area contributed by atoms with Gasteiger partial charge in [-0.05, 0) is 57.6 Å². The summed E-state index contributed by atoms with van der Waals surface area (Å²) in [5, 5.41) is 18.6. The lowest BCUT2D eigenvalue weighted by Gasteiger charge is -2.22. The zero-order valence-electron chi connectivity index (χ0n) is 19.9. The Morgan fingerprint density at radius 2 is 1.50 bits per heavy atom. The zero-order chi connectivity index (χ0) is 23.6. The number of allylic oxidation sites excluding steroid dienone is 4. The van der Waals surface area contributed by atoms with Gasteiger partial charge < -0.3 is 14.8 Å². The molecule has 1 aromatic carbocycles. The fourth-order valence-electron chi connectivity index (χ4n) is 3.53. The van der Waals surface area contributed by atoms with Gasteiger partial charge in [0.05, 0.1) is 0 Å². The second kappa shape index (κ2) is 17.9. The van der Waals surface area contributed by atoms with Gasteiger partial charge in [-0.3, -0.25) is 0 Å². The van der Waals surface area contributed by atoms with Gasteiger partial charge in [-0.25, -0.2) is 4.79 Å². The molecule has 0 saturated heterocycles. The first-order valence-corrected chi connectivity index (χ1v) is 13.4. The van der Waals surface area contributed by atoms with Crippen molar-refractivity contribution in [3.63, 3.8) is 0 Å². The van der Waals surface area contributed by atoms with Gasteiger partial charge in [0.15, 0.2) is 4.90 Å². The molecule has 1 unspecified atom stereocenters. The normalized spacial score (nSPS) is 14.8. The van der Waals surface area contributed by atoms with E-state index >= 15 is 0 Å². The van der Waals surface area contributed by atoms with Crippen LogP contribution in [0.15, 0.2) is 53.5 Å². The quantitative estimate of drug-likeness (QED) is 0.144. The van der Waals surface area contributed by atoms with Gasteiger partial charge in [0.25, 0.3) is 0 Å². The number of unbranched alkanes of at least 4 members (excludes halogenated alkanes) is 8. The summed E-state index contributed by atoms with van der Waals surface area (Å²) in [6, 6.07) is 6.96. The lowest BCUT2D eigenvalue weighted by atomic mass is 10.0. The molecule has 1 aromatic rings. The van der Waals surface area contributed by atoms with Crippen LogP contribution in [0, 0.1) is 6.92 Å². The maximum absolute atomic E-state index is 12.7. The van der Waals surface area contributed by atoms with Crippen molar-refractivity contribution in [2.75, 3.05) is 0 Å². The Morgan fingerprint density at radius 1 is 0.938 bits per heavy atom. The fraction of sp³-hybridized carbons (Fsp3) is 0.593. The van der Waals surface area contributed by atoms with E-state index in [4.69, 9.17) is 0 Å². The van der Waals surface area contributed by atoms with Crippen LogP contribution in [0.25, 0.3) is 0 Å². The number of carbonyl (C=O) groups is 1. The molecule has 0 fully saturated rings. The standard InChI is InChI=1S/C27H42O4S/c1-3-4-5-6-7-8-9-10-11-12-13-14-15-16-17-18-25(28)26(27(29)30)32(31)24-21-19-23(2)20-22-24/h7-8,10-11,19-22,25-26,28H,3-6,9,12-18H2,1-2H3,(H,29,30)/b8-7?,11-10-/t25-,26-,32?/m1/s1. The van der Waals surface area contributed by atoms with Crippen LogP contribution in [-0.4, -0.2) is 32.1 Å². The molecule has 1 rings (SSSR count). The highest BCUT2D eigenvalue weighted by atomic mass is 32.2. The Hall–Kier alpha value is -1.56. The van der Waals surface area contributed by atoms with E-state index in [1.807, 2.05) is 6.92 Å². The summed E-state index contributed by atoms with van der Waals surface area (Å²) in [6.07, 6.45) is 20.4. The molecule has 0 saturated carbocycles. The molecule has 0 amide bonds. The van der Waals surface area contributed by atoms with E-state index in [1.165, 1.54) is 25.7 Å². The highest BCUT2D eigenvalue weighted by Gasteiger charge is 2.38. The van der Waals surface area contributed by atoms with E-state index in [0.717, 1.165) is 50.5 Å². The number of aliphatic carboxylic acids is 1. The fourth-order valence-corrected chi connectivity index (χ4v) is 4.84. The van der Waals surface area contributed by atoms with Crippen molar-refractivity contribution in [3.8, 4) is 0 Å². The minimum absolute atomic E-state index is 0.360. The third-order valence-corrected chi connectivity index (χ3v) is 7.24. The molecule has 3 atom stereocenters. The van der Waals surface area contributed by atoms with Crippen LogP contribution in [0.1, 0.15) is 89.5 Å². The molecular formula is C27H42O4S. The maximum Gasteiger partial charge on any atom is 0.360 e. The molecule has 4 nitrogen and oxygen atoms in total. The number of benzene rings is 1. The van der Waals surface area contributed by atoms with Crippen molar-refractivity contribution in [1.29, 1.82) is 0 Å². The zero-order valence-corrected chi connectivity index (χ0v) is 20.7. The van der Waals surface area contributed by atoms with Gasteiger partial charge in [-0.2, -0.15) is 0 Å². The molecule has 0 aliphatic carbocycles. The van der Waals surface area contributed by atoms with E-state index in [2.05, 4.69) is 31.2 Å². The predicted octanol–water partition coefficient (Wildman–Crippen LogP) is 6.73. The molecule has 0 aromatic heterocycles. The van der Waals surface area contributed by atoms with Crippen LogP contribution in [0.5, 0.6) is 0 Å². The number of carboxylic acid groups (broad SMARTS) is 1. The van der Waals surface area contributed by atoms with Crippen LogP contribution in [0.3, 0.4) is 0 Å². The van der Waals surface area contributed by atoms with Crippen molar-refractivity contribution in [2.24, 2.45) is 0 Å². The first-order valence-electron chi connectivity index (χ1n) is 12.2. The van der Waals surface area contributed by atoms with Gasteiger partial charge >= 0.3 is 5.97 Å². The van der Waals surface area contributed by atoms with E-state index in [0.29, 0.717) is 11.3 Å². The summed E-state index contributed by atoms with van der Waals surface area (Å²) in [7, 11) is 0. The molecule has 2 N–H and O–H groups in total. The van der Waals surface area contributed by atoms with Crippen LogP contribution in [0.4, 0.5) is 0 Å². The third-order valence-electron chi connectivity index (χ3n) is 5.53. The van der Waals surface area contributed by atoms with Crippen molar-refractivity contribution >= 4 is 17.1 Å². The minimum Gasteiger partial charge on any atom is -0.611 e. The number of hydrogen-bond donors (Lipinski definition) is 2. The number of carboxylic acids is 1. The van der Waals surface area contributed by atoms with Gasteiger partial charge in [0, 0.05) is 11.2 Å². The second-order valence-corrected chi connectivity index (χ2v) is 10.0. The summed E-state index contributed by atoms with van der Waals surface area (Å²) < 4.78 is 12.7. The van der Waals surface area contributed by atoms with E-state index < -0.39 is 28.5 Å². The van der Waals surface area contributed by atoms with Crippen molar-refractivity contribution in [2.45, 2.75) is 107 Å². The topological polar surface area (TPSA) is 80.6 Å². The van der Waals surface area contributed by atoms with Gasteiger partial charge in [0.1, 0.15) is 6.10 Å². The Labute approximate surface area is 198 Å². The molecule has 0 aliphatic rings. The average Bonchev–Trinajstić information content (AvgIpc) is 2.76. The molecule has 32 heavy (non-hydrogen) atoms. The number of rotatable bonds is 18. The number of aryl methyl sites for hydroxylation is 1. The number of hydrogen-bond acceptors (Lipinski definition) is 3. The largest absolute Gasteiger partial charge is 0.611 e. The molecule has 0 bridgehead atoms. The number of aliphatic hydroxyl groups excluding tert-OH is 1. The highest BCUT2D eigenvalue weighted by Crippen LogP contribution is 2.22. The lowest BCUT2D eigenvalue weighted by Crippen LogP contribution is -2.41. The predicted molar refractivity (Wildman–Crippen MR) is 134 cm³/mol. The maximum atomic E-state index is 12.7. The molecule has 0 aliphatic heterocycles. The van der Waals surface area contributed by atoms with E-state index in [-0.39, 0.29) is 0 Å². The third kappa shape index (κ3) is 12.5. The van der Waals surface area contributed by atoms with Crippen LogP contribution in [0.2, 0.25) is 0 Å². The molecular weight excluding hydrogens is 420 g/mol. The first-order chi connectivity index (χ1) is 15.5. The second-order valence-electron chi connectivity index (χ2n) is 8.46. The monoisotopic (exact) mass is 462 g/mol. The van der Waals surface area contributed by atoms with E-state index in [1.54, 1.807) is 24.3 Å². The lowest BCUT2D eigenvalue weighted by molar-refractivity contribution is -0.138. The smallest absolute Gasteiger partial charge is 0.360 e. The SMILES string of the molecule is CCCCCC=CC/C=C\CCCCCCC[C@@H](O)[C@H](C(=O)O)[S+]([O-])c1ccc(C)cc1. The average molecular weight is 463 g/mol. The number of aliphatic hydroxyl groups is 1. The molecule has 180 valence electrons. The van der Waals surface area contributed by atoms with Crippen molar-refractivity contribution in [3.05, 3.63) is 54.1 Å². The Bertz CT molecular complexity index is 669. The molecule has 0 spiro atoms. The van der Waals surface area contributed by atoms with Gasteiger partial charge in [-0.15, -0.1) is 0 Å². The van der Waals surface area contributed by atoms with Crippen molar-refractivity contribution < 1.29 is 19.6 Å². The van der Waals surface area contributed by atoms with Crippen LogP contribution >= 0.6 is 0 Å². The van der Waals surface area contributed by atoms with Gasteiger partial charge in [0.2, 0.25) is 5.25 Å². The molecule has 0 radical (unpaired) electrons. The van der Waals surface area contributed by atoms with Gasteiger partial charge in [-0.1, -0.05) is 87.4 Å². The summed E-state index contributed by atoms with van der Waals surface area (Å²) >= 11 is -1.77. The summed E-state index contributed by atoms with van der Waals surface area (Å²) in [4.78, 5) is 12.1. The molecule has 5 heteroatoms. The summed E-state index contributed by atoms with van der Waals surface area (Å²) in [6.45, 7) is 4.14.